The van der Waals surface area contributed by atoms with Crippen molar-refractivity contribution in [3.8, 4) is 0 Å². The van der Waals surface area contributed by atoms with Gasteiger partial charge in [-0.3, -0.25) is 19.4 Å². The third-order valence-corrected chi connectivity index (χ3v) is 8.90. The molecule has 0 saturated carbocycles. The zero-order valence-corrected chi connectivity index (χ0v) is 20.5. The molecule has 2 unspecified atom stereocenters. The van der Waals surface area contributed by atoms with E-state index in [1.54, 1.807) is 6.92 Å². The van der Waals surface area contributed by atoms with Crippen molar-refractivity contribution in [3.05, 3.63) is 10.6 Å². The van der Waals surface area contributed by atoms with E-state index < -0.39 is 17.6 Å². The van der Waals surface area contributed by atoms with Crippen LogP contribution in [0.1, 0.15) is 26.7 Å². The van der Waals surface area contributed by atoms with Crippen LogP contribution in [0.2, 0.25) is 0 Å². The highest BCUT2D eigenvalue weighted by atomic mass is 35.5. The molecule has 12 heteroatoms. The van der Waals surface area contributed by atoms with Gasteiger partial charge in [-0.25, -0.2) is 4.79 Å². The maximum atomic E-state index is 13.0. The van der Waals surface area contributed by atoms with Gasteiger partial charge in [-0.15, -0.1) is 24.2 Å². The topological polar surface area (TPSA) is 134 Å². The summed E-state index contributed by atoms with van der Waals surface area (Å²) in [6.07, 6.45) is -0.124. The van der Waals surface area contributed by atoms with Crippen molar-refractivity contribution in [1.82, 2.24) is 20.0 Å². The van der Waals surface area contributed by atoms with Gasteiger partial charge in [0.2, 0.25) is 11.8 Å². The fourth-order valence-corrected chi connectivity index (χ4v) is 7.06. The summed E-state index contributed by atoms with van der Waals surface area (Å²) >= 11 is 1.42. The zero-order chi connectivity index (χ0) is 23.2. The van der Waals surface area contributed by atoms with Crippen molar-refractivity contribution >= 4 is 42.0 Å². The minimum atomic E-state index is -1.16. The highest BCUT2D eigenvalue weighted by Crippen LogP contribution is 2.56. The number of rotatable bonds is 7. The van der Waals surface area contributed by atoms with Crippen molar-refractivity contribution in [2.75, 3.05) is 45.9 Å². The van der Waals surface area contributed by atoms with Crippen LogP contribution in [0.25, 0.3) is 0 Å². The number of carboxylic acids is 1. The number of carboxylic acid groups (broad SMARTS) is 1. The summed E-state index contributed by atoms with van der Waals surface area (Å²) in [7, 11) is 0. The van der Waals surface area contributed by atoms with E-state index in [0.717, 1.165) is 13.1 Å². The minimum Gasteiger partial charge on any atom is -0.477 e. The number of nitrogens with one attached hydrogen (secondary N) is 1. The lowest BCUT2D eigenvalue weighted by Gasteiger charge is -2.52. The van der Waals surface area contributed by atoms with Crippen molar-refractivity contribution in [2.45, 2.75) is 49.6 Å². The molecule has 0 aliphatic carbocycles. The van der Waals surface area contributed by atoms with E-state index >= 15 is 0 Å². The molecule has 3 saturated heterocycles. The Labute approximate surface area is 203 Å². The van der Waals surface area contributed by atoms with Crippen LogP contribution >= 0.6 is 24.2 Å². The number of aliphatic carboxylic acids is 1. The van der Waals surface area contributed by atoms with Gasteiger partial charge in [0.05, 0.1) is 30.7 Å². The number of hydrogen-bond acceptors (Lipinski definition) is 8. The van der Waals surface area contributed by atoms with Crippen molar-refractivity contribution in [3.63, 3.8) is 0 Å². The monoisotopic (exact) mass is 504 g/mol. The molecule has 4 aliphatic rings. The fraction of sp³-hybridized carbons (Fsp3) is 0.762. The molecule has 4 heterocycles. The van der Waals surface area contributed by atoms with Crippen LogP contribution in [0.15, 0.2) is 10.6 Å². The first-order chi connectivity index (χ1) is 15.2. The van der Waals surface area contributed by atoms with Gasteiger partial charge in [-0.1, -0.05) is 6.92 Å². The van der Waals surface area contributed by atoms with Crippen LogP contribution < -0.4 is 5.32 Å². The first-order valence-electron chi connectivity index (χ1n) is 11.2. The number of amides is 2. The van der Waals surface area contributed by atoms with E-state index in [-0.39, 0.29) is 60.2 Å². The van der Waals surface area contributed by atoms with Gasteiger partial charge in [0, 0.05) is 55.3 Å². The lowest BCUT2D eigenvalue weighted by atomic mass is 9.73. The number of carbonyl (C=O) groups is 3. The lowest BCUT2D eigenvalue weighted by Crippen LogP contribution is -2.68. The van der Waals surface area contributed by atoms with Gasteiger partial charge in [0.25, 0.3) is 0 Å². The second-order valence-corrected chi connectivity index (χ2v) is 10.5. The largest absolute Gasteiger partial charge is 0.477 e. The summed E-state index contributed by atoms with van der Waals surface area (Å²) in [5, 5.41) is 32.6. The van der Waals surface area contributed by atoms with Crippen molar-refractivity contribution < 1.29 is 29.7 Å². The Hall–Kier alpha value is -1.37. The SMILES string of the molecule is CC(O)C12CC(=O)N1C(C(=O)O)=C(S[C@@H]1CN[C@@H](C(=O)N3CCN(CCO)CC3)C1)[C@@H]2C.Cl. The van der Waals surface area contributed by atoms with Gasteiger partial charge in [-0.2, -0.15) is 0 Å². The number of halogens is 1. The number of aliphatic hydroxyl groups is 2. The minimum absolute atomic E-state index is 0. The molecule has 3 fully saturated rings. The number of nitrogens with zero attached hydrogens (tertiary/aromatic N) is 3. The lowest BCUT2D eigenvalue weighted by molar-refractivity contribution is -0.167. The first kappa shape index (κ1) is 26.2. The summed E-state index contributed by atoms with van der Waals surface area (Å²) in [4.78, 5) is 43.2. The van der Waals surface area contributed by atoms with Crippen LogP contribution in [0.4, 0.5) is 0 Å². The van der Waals surface area contributed by atoms with Crippen LogP contribution in [-0.4, -0.2) is 117 Å². The van der Waals surface area contributed by atoms with Gasteiger partial charge in [0.1, 0.15) is 5.70 Å². The second-order valence-electron chi connectivity index (χ2n) is 9.14. The Bertz CT molecular complexity index is 834. The highest BCUT2D eigenvalue weighted by Gasteiger charge is 2.65. The average molecular weight is 505 g/mol. The second kappa shape index (κ2) is 10.1. The summed E-state index contributed by atoms with van der Waals surface area (Å²) in [5.74, 6) is -1.66. The van der Waals surface area contributed by atoms with Crippen LogP contribution in [0, 0.1) is 5.92 Å². The first-order valence-corrected chi connectivity index (χ1v) is 12.1. The molecule has 4 N–H and O–H groups in total. The molecular weight excluding hydrogens is 472 g/mol. The molecule has 2 amide bonds. The summed E-state index contributed by atoms with van der Waals surface area (Å²) < 4.78 is 0. The number of β-lactam (4-membered cyclic amide) rings is 1. The predicted octanol–water partition coefficient (Wildman–Crippen LogP) is -0.694. The molecule has 33 heavy (non-hydrogen) atoms. The van der Waals surface area contributed by atoms with Crippen molar-refractivity contribution in [2.24, 2.45) is 5.92 Å². The van der Waals surface area contributed by atoms with Crippen LogP contribution in [0.5, 0.6) is 0 Å². The van der Waals surface area contributed by atoms with E-state index in [9.17, 15) is 24.6 Å². The van der Waals surface area contributed by atoms with E-state index in [4.69, 9.17) is 5.11 Å². The predicted molar refractivity (Wildman–Crippen MR) is 125 cm³/mol. The highest BCUT2D eigenvalue weighted by molar-refractivity contribution is 8.03. The maximum Gasteiger partial charge on any atom is 0.353 e. The van der Waals surface area contributed by atoms with Gasteiger partial charge >= 0.3 is 5.97 Å². The van der Waals surface area contributed by atoms with E-state index in [1.807, 2.05) is 11.8 Å². The average Bonchev–Trinajstić information content (AvgIpc) is 3.29. The van der Waals surface area contributed by atoms with E-state index in [2.05, 4.69) is 10.2 Å². The number of carbonyl (C=O) groups excluding carboxylic acids is 2. The van der Waals surface area contributed by atoms with E-state index in [1.165, 1.54) is 16.7 Å². The van der Waals surface area contributed by atoms with Gasteiger partial charge in [-0.05, 0) is 13.3 Å². The Kier molecular flexibility index (Phi) is 8.02. The Morgan fingerprint density at radius 2 is 1.94 bits per heavy atom. The van der Waals surface area contributed by atoms with Crippen LogP contribution in [-0.2, 0) is 14.4 Å². The number of hydrogen-bond donors (Lipinski definition) is 4. The van der Waals surface area contributed by atoms with E-state index in [0.29, 0.717) is 37.5 Å². The fourth-order valence-electron chi connectivity index (χ4n) is 5.53. The molecular formula is C21H33ClN4O6S. The van der Waals surface area contributed by atoms with Crippen LogP contribution in [0.3, 0.4) is 0 Å². The summed E-state index contributed by atoms with van der Waals surface area (Å²) in [5.41, 5.74) is -0.905. The molecule has 0 spiro atoms. The summed E-state index contributed by atoms with van der Waals surface area (Å²) in [6.45, 7) is 7.55. The molecule has 4 aliphatic heterocycles. The molecule has 186 valence electrons. The molecule has 0 bridgehead atoms. The smallest absolute Gasteiger partial charge is 0.353 e. The molecule has 0 aromatic heterocycles. The normalized spacial score (nSPS) is 33.0. The molecule has 0 aromatic carbocycles. The van der Waals surface area contributed by atoms with Crippen molar-refractivity contribution in [1.29, 1.82) is 0 Å². The summed E-state index contributed by atoms with van der Waals surface area (Å²) in [6, 6.07) is -0.313. The molecule has 5 atom stereocenters. The third-order valence-electron chi connectivity index (χ3n) is 7.41. The maximum absolute atomic E-state index is 13.0. The van der Waals surface area contributed by atoms with Gasteiger partial charge in [0.15, 0.2) is 0 Å². The molecule has 10 nitrogen and oxygen atoms in total. The number of piperazine rings is 1. The zero-order valence-electron chi connectivity index (χ0n) is 18.9. The Morgan fingerprint density at radius 1 is 1.27 bits per heavy atom. The third kappa shape index (κ3) is 4.39. The van der Waals surface area contributed by atoms with Gasteiger partial charge < -0.3 is 25.5 Å². The number of β-amino-alcohol motifs (C(OH)–C–C–N with tert-alkyl or cyclic N) is 1. The molecule has 0 radical (unpaired) electrons. The standard InChI is InChI=1S/C21H32N4O6S.ClH/c1-12-18(17(20(30)31)25-16(28)10-21(12,25)13(2)27)32-14-9-15(22-11-14)19(29)24-5-3-23(4-6-24)7-8-26;/h12-15,22,26-27H,3-11H2,1-2H3,(H,30,31);1H/t12-,13?,14-,15+,21?;/m0./s1. The Balaban J connectivity index is 0.00000306. The molecule has 0 aromatic rings. The quantitative estimate of drug-likeness (QED) is 0.332. The Morgan fingerprint density at radius 3 is 2.48 bits per heavy atom. The number of aliphatic hydroxyl groups excluding tert-OH is 2. The number of fused-ring (bicyclic) bond motifs is 1. The molecule has 4 rings (SSSR count). The number of thioether (sulfide) groups is 1.